The molecule has 4 nitrogen and oxygen atoms in total. The van der Waals surface area contributed by atoms with Gasteiger partial charge in [0, 0.05) is 35.3 Å². The number of nitrogens with zero attached hydrogens (tertiary/aromatic N) is 2. The Labute approximate surface area is 274 Å². The Balaban J connectivity index is 1.33. The molecule has 0 radical (unpaired) electrons. The second-order valence-electron chi connectivity index (χ2n) is 15.5. The number of imide groups is 1. The van der Waals surface area contributed by atoms with E-state index in [2.05, 4.69) is 84.6 Å². The molecule has 0 saturated heterocycles. The predicted molar refractivity (Wildman–Crippen MR) is 193 cm³/mol. The van der Waals surface area contributed by atoms with Crippen molar-refractivity contribution in [2.45, 2.75) is 90.9 Å². The molecule has 4 aromatic carbocycles. The highest BCUT2D eigenvalue weighted by Gasteiger charge is 2.40. The van der Waals surface area contributed by atoms with E-state index in [4.69, 9.17) is 0 Å². The topological polar surface area (TPSA) is 40.6 Å². The Morgan fingerprint density at radius 2 is 1.22 bits per heavy atom. The minimum absolute atomic E-state index is 0.119. The summed E-state index contributed by atoms with van der Waals surface area (Å²) in [5.74, 6) is -0.170. The largest absolute Gasteiger partial charge is 0.371 e. The standard InChI is InChI=1S/C42H46N2O2/c1-25(2)29-11-9-12-30(26(3)4)37(29)44-39(45)32-14-10-13-31-28(17-18-33(36(31)32)40(44)46)16-15-27-23-34-38-35(24-27)42(7,8)20-22-43(38)21-19-41(34,5)6/h9-18,23-26H,19-22H2,1-8H3/b16-15+. The van der Waals surface area contributed by atoms with Crippen LogP contribution in [0.25, 0.3) is 22.9 Å². The van der Waals surface area contributed by atoms with Crippen molar-refractivity contribution < 1.29 is 9.59 Å². The number of para-hydroxylation sites is 1. The second kappa shape index (κ2) is 10.7. The zero-order valence-electron chi connectivity index (χ0n) is 28.6. The molecule has 4 aromatic rings. The third kappa shape index (κ3) is 4.63. The predicted octanol–water partition coefficient (Wildman–Crippen LogP) is 10.2. The van der Waals surface area contributed by atoms with E-state index in [1.807, 2.05) is 48.5 Å². The maximum atomic E-state index is 14.3. The molecule has 0 spiro atoms. The first-order valence-electron chi connectivity index (χ1n) is 17.0. The van der Waals surface area contributed by atoms with Crippen LogP contribution in [0.5, 0.6) is 0 Å². The van der Waals surface area contributed by atoms with Gasteiger partial charge in [0.15, 0.2) is 0 Å². The molecule has 2 amide bonds. The van der Waals surface area contributed by atoms with Crippen molar-refractivity contribution in [1.29, 1.82) is 0 Å². The van der Waals surface area contributed by atoms with Crippen LogP contribution in [0.15, 0.2) is 60.7 Å². The van der Waals surface area contributed by atoms with Gasteiger partial charge >= 0.3 is 0 Å². The molecular weight excluding hydrogens is 564 g/mol. The molecule has 3 aliphatic rings. The highest BCUT2D eigenvalue weighted by molar-refractivity contribution is 6.36. The van der Waals surface area contributed by atoms with Gasteiger partial charge < -0.3 is 4.90 Å². The molecule has 0 saturated carbocycles. The number of rotatable bonds is 5. The van der Waals surface area contributed by atoms with Crippen LogP contribution in [-0.4, -0.2) is 24.9 Å². The number of amides is 2. The summed E-state index contributed by atoms with van der Waals surface area (Å²) in [5, 5.41) is 1.68. The zero-order valence-corrected chi connectivity index (χ0v) is 28.6. The fraction of sp³-hybridized carbons (Fsp3) is 0.381. The summed E-state index contributed by atoms with van der Waals surface area (Å²) in [6.45, 7) is 20.2. The molecule has 3 heterocycles. The van der Waals surface area contributed by atoms with E-state index in [9.17, 15) is 9.59 Å². The van der Waals surface area contributed by atoms with Crippen LogP contribution in [-0.2, 0) is 10.8 Å². The van der Waals surface area contributed by atoms with Crippen molar-refractivity contribution in [2.24, 2.45) is 0 Å². The van der Waals surface area contributed by atoms with E-state index in [0.29, 0.717) is 11.1 Å². The Hall–Kier alpha value is -4.18. The van der Waals surface area contributed by atoms with Crippen LogP contribution in [0.3, 0.4) is 0 Å². The summed E-state index contributed by atoms with van der Waals surface area (Å²) in [6.07, 6.45) is 6.68. The highest BCUT2D eigenvalue weighted by atomic mass is 16.2. The molecule has 46 heavy (non-hydrogen) atoms. The van der Waals surface area contributed by atoms with E-state index in [1.54, 1.807) is 0 Å². The molecular formula is C42H46N2O2. The number of anilines is 2. The first kappa shape index (κ1) is 30.5. The van der Waals surface area contributed by atoms with Crippen molar-refractivity contribution in [3.8, 4) is 0 Å². The minimum atomic E-state index is -0.248. The molecule has 0 fully saturated rings. The Bertz CT molecular complexity index is 1870. The maximum Gasteiger partial charge on any atom is 0.266 e. The van der Waals surface area contributed by atoms with Crippen molar-refractivity contribution in [1.82, 2.24) is 0 Å². The lowest BCUT2D eigenvalue weighted by Crippen LogP contribution is -2.44. The SMILES string of the molecule is CC(C)c1cccc(C(C)C)c1N1C(=O)c2cccc3c(/C=C/c4cc5c6c(c4)C(C)(C)CCN6CCC5(C)C)ccc(c23)C1=O. The summed E-state index contributed by atoms with van der Waals surface area (Å²) in [4.78, 5) is 32.6. The van der Waals surface area contributed by atoms with Crippen LogP contribution in [0.4, 0.5) is 11.4 Å². The lowest BCUT2D eigenvalue weighted by Gasteiger charge is -2.48. The molecule has 3 aliphatic heterocycles. The highest BCUT2D eigenvalue weighted by Crippen LogP contribution is 2.49. The summed E-state index contributed by atoms with van der Waals surface area (Å²) in [7, 11) is 0. The van der Waals surface area contributed by atoms with Gasteiger partial charge in [0.1, 0.15) is 0 Å². The number of benzene rings is 4. The molecule has 0 bridgehead atoms. The quantitative estimate of drug-likeness (QED) is 0.167. The summed E-state index contributed by atoms with van der Waals surface area (Å²) < 4.78 is 0. The Kier molecular flexibility index (Phi) is 7.08. The average molecular weight is 611 g/mol. The average Bonchev–Trinajstić information content (AvgIpc) is 3.01. The van der Waals surface area contributed by atoms with Crippen molar-refractivity contribution in [3.63, 3.8) is 0 Å². The van der Waals surface area contributed by atoms with Gasteiger partial charge in [-0.15, -0.1) is 0 Å². The Morgan fingerprint density at radius 1 is 0.674 bits per heavy atom. The summed E-state index contributed by atoms with van der Waals surface area (Å²) >= 11 is 0. The number of carbonyl (C=O) groups excluding carboxylic acids is 2. The van der Waals surface area contributed by atoms with Crippen LogP contribution in [0.1, 0.15) is 134 Å². The first-order valence-corrected chi connectivity index (χ1v) is 17.0. The number of hydrogen-bond donors (Lipinski definition) is 0. The molecule has 236 valence electrons. The van der Waals surface area contributed by atoms with Gasteiger partial charge in [-0.05, 0) is 98.5 Å². The molecule has 0 aliphatic carbocycles. The van der Waals surface area contributed by atoms with Crippen LogP contribution in [0.2, 0.25) is 0 Å². The third-order valence-corrected chi connectivity index (χ3v) is 10.9. The maximum absolute atomic E-state index is 14.3. The van der Waals surface area contributed by atoms with Gasteiger partial charge in [-0.3, -0.25) is 9.59 Å². The minimum Gasteiger partial charge on any atom is -0.371 e. The lowest BCUT2D eigenvalue weighted by molar-refractivity contribution is 0.0893. The van der Waals surface area contributed by atoms with Gasteiger partial charge in [0.05, 0.1) is 5.69 Å². The van der Waals surface area contributed by atoms with Gasteiger partial charge in [-0.2, -0.15) is 0 Å². The smallest absolute Gasteiger partial charge is 0.266 e. The summed E-state index contributed by atoms with van der Waals surface area (Å²) in [6, 6.07) is 20.7. The monoisotopic (exact) mass is 610 g/mol. The van der Waals surface area contributed by atoms with Crippen molar-refractivity contribution >= 4 is 46.1 Å². The normalized spacial score (nSPS) is 18.3. The van der Waals surface area contributed by atoms with Crippen molar-refractivity contribution in [2.75, 3.05) is 22.9 Å². The first-order chi connectivity index (χ1) is 21.8. The number of hydrogen-bond acceptors (Lipinski definition) is 3. The van der Waals surface area contributed by atoms with Gasteiger partial charge in [0.25, 0.3) is 11.8 Å². The fourth-order valence-corrected chi connectivity index (χ4v) is 7.98. The zero-order chi connectivity index (χ0) is 32.7. The molecule has 0 aromatic heterocycles. The van der Waals surface area contributed by atoms with E-state index in [1.165, 1.54) is 27.3 Å². The lowest BCUT2D eigenvalue weighted by atomic mass is 9.69. The van der Waals surface area contributed by atoms with E-state index < -0.39 is 0 Å². The van der Waals surface area contributed by atoms with E-state index >= 15 is 0 Å². The third-order valence-electron chi connectivity index (χ3n) is 10.9. The molecule has 4 heteroatoms. The molecule has 0 atom stereocenters. The van der Waals surface area contributed by atoms with Crippen LogP contribution >= 0.6 is 0 Å². The van der Waals surface area contributed by atoms with E-state index in [0.717, 1.165) is 59.1 Å². The number of carbonyl (C=O) groups is 2. The molecule has 0 N–H and O–H groups in total. The van der Waals surface area contributed by atoms with E-state index in [-0.39, 0.29) is 34.5 Å². The van der Waals surface area contributed by atoms with Gasteiger partial charge in [-0.25, -0.2) is 4.90 Å². The van der Waals surface area contributed by atoms with Gasteiger partial charge in [0.2, 0.25) is 0 Å². The second-order valence-corrected chi connectivity index (χ2v) is 15.5. The van der Waals surface area contributed by atoms with Crippen LogP contribution in [0, 0.1) is 0 Å². The van der Waals surface area contributed by atoms with Crippen LogP contribution < -0.4 is 9.80 Å². The Morgan fingerprint density at radius 3 is 1.78 bits per heavy atom. The molecule has 0 unspecified atom stereocenters. The summed E-state index contributed by atoms with van der Waals surface area (Å²) in [5.41, 5.74) is 10.7. The van der Waals surface area contributed by atoms with Crippen molar-refractivity contribution in [3.05, 3.63) is 105 Å². The molecule has 7 rings (SSSR count). The fourth-order valence-electron chi connectivity index (χ4n) is 7.98. The van der Waals surface area contributed by atoms with Gasteiger partial charge in [-0.1, -0.05) is 104 Å².